The van der Waals surface area contributed by atoms with Crippen molar-refractivity contribution >= 4 is 12.4 Å². The molecule has 1 aliphatic rings. The summed E-state index contributed by atoms with van der Waals surface area (Å²) in [4.78, 5) is 0. The van der Waals surface area contributed by atoms with Crippen molar-refractivity contribution < 1.29 is 70.4 Å². The van der Waals surface area contributed by atoms with Gasteiger partial charge in [-0.25, -0.2) is 0 Å². The average molecular weight is 458 g/mol. The zero-order valence-corrected chi connectivity index (χ0v) is 20.0. The Balaban J connectivity index is 0. The molecule has 23 heavy (non-hydrogen) atoms. The van der Waals surface area contributed by atoms with Gasteiger partial charge in [0.1, 0.15) is 0 Å². The Hall–Kier alpha value is 0.673. The van der Waals surface area contributed by atoms with E-state index in [9.17, 15) is 5.02 Å². The fourth-order valence-electron chi connectivity index (χ4n) is 2.91. The predicted octanol–water partition coefficient (Wildman–Crippen LogP) is 3.50. The average Bonchev–Trinajstić information content (AvgIpc) is 2.47. The van der Waals surface area contributed by atoms with E-state index in [1.807, 2.05) is 0 Å². The molecule has 3 rings (SSSR count). The maximum Gasteiger partial charge on any atom is 0.323 e. The summed E-state index contributed by atoms with van der Waals surface area (Å²) in [5.74, 6) is 0. The Morgan fingerprint density at radius 2 is 1.52 bits per heavy atom. The van der Waals surface area contributed by atoms with Gasteiger partial charge in [0.15, 0.2) is 0 Å². The summed E-state index contributed by atoms with van der Waals surface area (Å²) >= 11 is 0. The van der Waals surface area contributed by atoms with Gasteiger partial charge in [-0.05, 0) is 42.2 Å². The first-order valence-corrected chi connectivity index (χ1v) is 7.16. The van der Waals surface area contributed by atoms with E-state index in [0.717, 1.165) is 37.5 Å². The van der Waals surface area contributed by atoms with Crippen molar-refractivity contribution in [2.75, 3.05) is 0 Å². The van der Waals surface area contributed by atoms with Crippen LogP contribution in [0.2, 0.25) is 6.32 Å². The predicted molar refractivity (Wildman–Crippen MR) is 93.9 cm³/mol. The second-order valence-corrected chi connectivity index (χ2v) is 5.43. The van der Waals surface area contributed by atoms with E-state index in [-0.39, 0.29) is 87.2 Å². The maximum absolute atomic E-state index is 10.1. The van der Waals surface area contributed by atoms with Crippen LogP contribution >= 0.6 is 0 Å². The van der Waals surface area contributed by atoms with Gasteiger partial charge in [0.05, 0.1) is 0 Å². The van der Waals surface area contributed by atoms with Crippen LogP contribution < -0.4 is 5.46 Å². The SMILES string of the molecule is OB1CCCc2ccc(CCc3ccccc3)cc21.[CH3-].[CH3-].[Y].[Y]. The van der Waals surface area contributed by atoms with Gasteiger partial charge in [-0.3, -0.25) is 0 Å². The Labute approximate surface area is 192 Å². The summed E-state index contributed by atoms with van der Waals surface area (Å²) in [5, 5.41) is 10.1. The fraction of sp³-hybridized carbons (Fsp3) is 0.263. The molecule has 0 saturated carbocycles. The molecule has 1 heterocycles. The van der Waals surface area contributed by atoms with Crippen LogP contribution in [-0.2, 0) is 84.7 Å². The molecule has 0 aromatic heterocycles. The molecule has 0 unspecified atom stereocenters. The smallest absolute Gasteiger partial charge is 0.323 e. The molecule has 1 aliphatic heterocycles. The van der Waals surface area contributed by atoms with E-state index < -0.39 is 0 Å². The maximum atomic E-state index is 10.1. The Kier molecular flexibility index (Phi) is 14.6. The van der Waals surface area contributed by atoms with Crippen LogP contribution in [0, 0.1) is 14.9 Å². The number of rotatable bonds is 3. The second kappa shape index (κ2) is 13.0. The monoisotopic (exact) mass is 458 g/mol. The molecule has 0 bridgehead atoms. The summed E-state index contributed by atoms with van der Waals surface area (Å²) in [6, 6.07) is 17.2. The van der Waals surface area contributed by atoms with Crippen LogP contribution in [0.3, 0.4) is 0 Å². The van der Waals surface area contributed by atoms with E-state index >= 15 is 0 Å². The van der Waals surface area contributed by atoms with E-state index in [0.29, 0.717) is 0 Å². The van der Waals surface area contributed by atoms with E-state index in [1.54, 1.807) is 0 Å². The van der Waals surface area contributed by atoms with Crippen LogP contribution in [0.25, 0.3) is 0 Å². The molecular weight excluding hydrogens is 433 g/mol. The van der Waals surface area contributed by atoms with Gasteiger partial charge in [-0.15, -0.1) is 0 Å². The van der Waals surface area contributed by atoms with Gasteiger partial charge in [0, 0.05) is 65.4 Å². The topological polar surface area (TPSA) is 20.2 Å². The summed E-state index contributed by atoms with van der Waals surface area (Å²) in [6.45, 7) is -0.250. The normalized spacial score (nSPS) is 11.8. The first-order chi connectivity index (χ1) is 9.33. The summed E-state index contributed by atoms with van der Waals surface area (Å²) in [7, 11) is 0. The van der Waals surface area contributed by atoms with Crippen molar-refractivity contribution in [2.45, 2.75) is 32.0 Å². The largest absolute Gasteiger partial charge is 0.446 e. The van der Waals surface area contributed by atoms with Gasteiger partial charge >= 0.3 is 6.92 Å². The first-order valence-electron chi connectivity index (χ1n) is 7.16. The van der Waals surface area contributed by atoms with Crippen molar-refractivity contribution in [3.05, 3.63) is 80.1 Å². The van der Waals surface area contributed by atoms with Crippen LogP contribution in [0.1, 0.15) is 23.1 Å². The molecule has 0 saturated heterocycles. The molecule has 0 amide bonds. The molecule has 0 fully saturated rings. The molecular formula is C19H25BOY2-2. The van der Waals surface area contributed by atoms with Crippen molar-refractivity contribution in [3.63, 3.8) is 0 Å². The van der Waals surface area contributed by atoms with Gasteiger partial charge in [-0.1, -0.05) is 60.5 Å². The minimum absolute atomic E-state index is 0. The third-order valence-electron chi connectivity index (χ3n) is 4.04. The quantitative estimate of drug-likeness (QED) is 0.552. The second-order valence-electron chi connectivity index (χ2n) is 5.43. The number of hydrogen-bond acceptors (Lipinski definition) is 1. The van der Waals surface area contributed by atoms with E-state index in [1.165, 1.54) is 16.7 Å². The Bertz CT molecular complexity index is 561. The van der Waals surface area contributed by atoms with Gasteiger partial charge in [-0.2, -0.15) is 0 Å². The van der Waals surface area contributed by atoms with Gasteiger partial charge in [0.25, 0.3) is 0 Å². The standard InChI is InChI=1S/C17H19BO.2CH3.2Y/c19-18-12-4-7-16-11-10-15(13-17(16)18)9-8-14-5-2-1-3-6-14;;;;/h1-3,5-6,10-11,13,19H,4,7-9,12H2;2*1H3;;/q;2*-1;;. The molecule has 0 atom stereocenters. The summed E-state index contributed by atoms with van der Waals surface area (Å²) in [6.07, 6.45) is 5.25. The van der Waals surface area contributed by atoms with Crippen LogP contribution in [0.5, 0.6) is 0 Å². The Morgan fingerprint density at radius 1 is 0.870 bits per heavy atom. The zero-order valence-electron chi connectivity index (χ0n) is 14.3. The van der Waals surface area contributed by atoms with Crippen molar-refractivity contribution in [2.24, 2.45) is 0 Å². The van der Waals surface area contributed by atoms with Crippen LogP contribution in [0.4, 0.5) is 0 Å². The summed E-state index contributed by atoms with van der Waals surface area (Å²) < 4.78 is 0. The summed E-state index contributed by atoms with van der Waals surface area (Å²) in [5.41, 5.74) is 5.21. The zero-order chi connectivity index (χ0) is 13.1. The van der Waals surface area contributed by atoms with Gasteiger partial charge in [0.2, 0.25) is 0 Å². The molecule has 118 valence electrons. The number of aryl methyl sites for hydroxylation is 3. The Morgan fingerprint density at radius 3 is 2.22 bits per heavy atom. The molecule has 1 N–H and O–H groups in total. The molecule has 0 spiro atoms. The van der Waals surface area contributed by atoms with Gasteiger partial charge < -0.3 is 19.9 Å². The third-order valence-corrected chi connectivity index (χ3v) is 4.04. The van der Waals surface area contributed by atoms with Crippen molar-refractivity contribution in [1.82, 2.24) is 0 Å². The van der Waals surface area contributed by atoms with Crippen molar-refractivity contribution in [3.8, 4) is 0 Å². The first kappa shape index (κ1) is 25.9. The third kappa shape index (κ3) is 7.20. The van der Waals surface area contributed by atoms with Crippen LogP contribution in [-0.4, -0.2) is 11.9 Å². The molecule has 2 aromatic carbocycles. The fourth-order valence-corrected chi connectivity index (χ4v) is 2.91. The molecule has 2 aromatic rings. The molecule has 2 radical (unpaired) electrons. The number of benzene rings is 2. The molecule has 0 aliphatic carbocycles. The van der Waals surface area contributed by atoms with E-state index in [4.69, 9.17) is 0 Å². The van der Waals surface area contributed by atoms with Crippen LogP contribution in [0.15, 0.2) is 48.5 Å². The number of hydrogen-bond donors (Lipinski definition) is 1. The number of fused-ring (bicyclic) bond motifs is 1. The minimum Gasteiger partial charge on any atom is -0.446 e. The van der Waals surface area contributed by atoms with E-state index in [2.05, 4.69) is 48.5 Å². The molecule has 4 heteroatoms. The minimum atomic E-state index is -0.250. The molecule has 1 nitrogen and oxygen atoms in total. The van der Waals surface area contributed by atoms with Crippen molar-refractivity contribution in [1.29, 1.82) is 0 Å².